The van der Waals surface area contributed by atoms with Crippen LogP contribution in [0.3, 0.4) is 0 Å². The molecule has 0 aliphatic heterocycles. The van der Waals surface area contributed by atoms with Crippen LogP contribution in [-0.2, 0) is 6.42 Å². The van der Waals surface area contributed by atoms with Crippen molar-refractivity contribution in [3.05, 3.63) is 35.4 Å². The Morgan fingerprint density at radius 2 is 1.18 bits per heavy atom. The highest BCUT2D eigenvalue weighted by Crippen LogP contribution is 2.16. The minimum atomic E-state index is -0.323. The monoisotopic (exact) mass is 389 g/mol. The molecule has 0 aromatic heterocycles. The van der Waals surface area contributed by atoms with Crippen LogP contribution in [-0.4, -0.2) is 23.2 Å². The largest absolute Gasteiger partial charge is 0.286 e. The van der Waals surface area contributed by atoms with Crippen molar-refractivity contribution in [2.75, 3.05) is 7.05 Å². The van der Waals surface area contributed by atoms with E-state index in [9.17, 15) is 10.0 Å². The number of carbonyl (C=O) groups excluding carboxylic acids is 1. The van der Waals surface area contributed by atoms with Crippen LogP contribution in [0.5, 0.6) is 0 Å². The summed E-state index contributed by atoms with van der Waals surface area (Å²) in [4.78, 5) is 12.0. The van der Waals surface area contributed by atoms with E-state index in [-0.39, 0.29) is 5.91 Å². The number of carbonyl (C=O) groups is 1. The molecular formula is C25H43NO2. The molecule has 0 spiro atoms. The van der Waals surface area contributed by atoms with Gasteiger partial charge in [0, 0.05) is 12.6 Å². The van der Waals surface area contributed by atoms with E-state index >= 15 is 0 Å². The SMILES string of the molecule is CCCCCCCCCCCCCCCCCc1ccccc1C(=O)N(C)O. The van der Waals surface area contributed by atoms with Gasteiger partial charge in [-0.05, 0) is 24.5 Å². The number of hydroxylamine groups is 2. The summed E-state index contributed by atoms with van der Waals surface area (Å²) in [6.45, 7) is 2.28. The summed E-state index contributed by atoms with van der Waals surface area (Å²) in [6, 6.07) is 7.62. The molecule has 0 aliphatic carbocycles. The molecule has 1 rings (SSSR count). The van der Waals surface area contributed by atoms with Crippen molar-refractivity contribution in [2.24, 2.45) is 0 Å². The van der Waals surface area contributed by atoms with Gasteiger partial charge in [-0.2, -0.15) is 0 Å². The van der Waals surface area contributed by atoms with Gasteiger partial charge in [-0.3, -0.25) is 10.0 Å². The summed E-state index contributed by atoms with van der Waals surface area (Å²) < 4.78 is 0. The van der Waals surface area contributed by atoms with Gasteiger partial charge in [0.05, 0.1) is 0 Å². The number of amides is 1. The Balaban J connectivity index is 1.97. The predicted molar refractivity (Wildman–Crippen MR) is 119 cm³/mol. The van der Waals surface area contributed by atoms with Crippen LogP contribution in [0.25, 0.3) is 0 Å². The molecule has 28 heavy (non-hydrogen) atoms. The van der Waals surface area contributed by atoms with Crippen LogP contribution in [0.15, 0.2) is 24.3 Å². The second-order valence-corrected chi connectivity index (χ2v) is 8.19. The zero-order valence-electron chi connectivity index (χ0n) is 18.4. The molecule has 0 aliphatic rings. The van der Waals surface area contributed by atoms with Crippen LogP contribution >= 0.6 is 0 Å². The van der Waals surface area contributed by atoms with Crippen molar-refractivity contribution in [1.29, 1.82) is 0 Å². The lowest BCUT2D eigenvalue weighted by atomic mass is 9.99. The first kappa shape index (κ1) is 24.7. The van der Waals surface area contributed by atoms with Crippen molar-refractivity contribution in [3.63, 3.8) is 0 Å². The molecule has 1 amide bonds. The van der Waals surface area contributed by atoms with Crippen molar-refractivity contribution >= 4 is 5.91 Å². The average Bonchev–Trinajstić information content (AvgIpc) is 2.70. The van der Waals surface area contributed by atoms with Gasteiger partial charge in [0.1, 0.15) is 0 Å². The fourth-order valence-corrected chi connectivity index (χ4v) is 3.81. The quantitative estimate of drug-likeness (QED) is 0.170. The van der Waals surface area contributed by atoms with E-state index in [4.69, 9.17) is 0 Å². The Labute approximate surface area is 173 Å². The second kappa shape index (κ2) is 16.6. The van der Waals surface area contributed by atoms with Gasteiger partial charge in [-0.25, -0.2) is 5.06 Å². The molecule has 0 saturated heterocycles. The molecule has 3 heteroatoms. The highest BCUT2D eigenvalue weighted by molar-refractivity contribution is 5.94. The van der Waals surface area contributed by atoms with Gasteiger partial charge in [0.25, 0.3) is 5.91 Å². The van der Waals surface area contributed by atoms with Crippen molar-refractivity contribution in [3.8, 4) is 0 Å². The van der Waals surface area contributed by atoms with Crippen molar-refractivity contribution in [2.45, 2.75) is 110 Å². The maximum Gasteiger partial charge on any atom is 0.277 e. The molecule has 0 atom stereocenters. The lowest BCUT2D eigenvalue weighted by Crippen LogP contribution is -2.23. The highest BCUT2D eigenvalue weighted by Gasteiger charge is 2.13. The summed E-state index contributed by atoms with van der Waals surface area (Å²) in [6.07, 6.45) is 21.3. The lowest BCUT2D eigenvalue weighted by molar-refractivity contribution is -0.0375. The third kappa shape index (κ3) is 11.5. The molecule has 0 unspecified atom stereocenters. The summed E-state index contributed by atoms with van der Waals surface area (Å²) in [5.41, 5.74) is 1.67. The molecular weight excluding hydrogens is 346 g/mol. The zero-order chi connectivity index (χ0) is 20.5. The first-order valence-corrected chi connectivity index (χ1v) is 11.7. The van der Waals surface area contributed by atoms with Gasteiger partial charge >= 0.3 is 0 Å². The van der Waals surface area contributed by atoms with Crippen molar-refractivity contribution < 1.29 is 10.0 Å². The normalized spacial score (nSPS) is 11.0. The predicted octanol–water partition coefficient (Wildman–Crippen LogP) is 7.56. The van der Waals surface area contributed by atoms with Gasteiger partial charge in [-0.15, -0.1) is 0 Å². The van der Waals surface area contributed by atoms with E-state index < -0.39 is 0 Å². The Kier molecular flexibility index (Phi) is 14.6. The minimum Gasteiger partial charge on any atom is -0.286 e. The molecule has 0 saturated carbocycles. The highest BCUT2D eigenvalue weighted by atomic mass is 16.5. The molecule has 0 bridgehead atoms. The first-order chi connectivity index (χ1) is 13.7. The summed E-state index contributed by atoms with van der Waals surface area (Å²) in [5.74, 6) is -0.323. The van der Waals surface area contributed by atoms with Gasteiger partial charge in [-0.1, -0.05) is 115 Å². The third-order valence-electron chi connectivity index (χ3n) is 5.59. The van der Waals surface area contributed by atoms with E-state index in [1.165, 1.54) is 96.9 Å². The van der Waals surface area contributed by atoms with E-state index in [0.29, 0.717) is 10.6 Å². The standard InChI is InChI=1S/C25H43NO2/c1-3-4-5-6-7-8-9-10-11-12-13-14-15-16-17-20-23-21-18-19-22-24(23)25(27)26(2)28/h18-19,21-22,28H,3-17,20H2,1-2H3. The maximum absolute atomic E-state index is 12.0. The first-order valence-electron chi connectivity index (χ1n) is 11.7. The van der Waals surface area contributed by atoms with Gasteiger partial charge in [0.2, 0.25) is 0 Å². The molecule has 160 valence electrons. The molecule has 1 N–H and O–H groups in total. The molecule has 3 nitrogen and oxygen atoms in total. The Hall–Kier alpha value is -1.35. The van der Waals surface area contributed by atoms with Gasteiger partial charge < -0.3 is 0 Å². The van der Waals surface area contributed by atoms with E-state index in [1.807, 2.05) is 18.2 Å². The fourth-order valence-electron chi connectivity index (χ4n) is 3.81. The van der Waals surface area contributed by atoms with Crippen LogP contribution in [0.1, 0.15) is 119 Å². The van der Waals surface area contributed by atoms with Crippen LogP contribution in [0.4, 0.5) is 0 Å². The van der Waals surface area contributed by atoms with E-state index in [1.54, 1.807) is 6.07 Å². The van der Waals surface area contributed by atoms with Crippen LogP contribution in [0, 0.1) is 0 Å². The van der Waals surface area contributed by atoms with Gasteiger partial charge in [0.15, 0.2) is 0 Å². The van der Waals surface area contributed by atoms with E-state index in [2.05, 4.69) is 6.92 Å². The maximum atomic E-state index is 12.0. The number of aryl methyl sites for hydroxylation is 1. The molecule has 1 aromatic carbocycles. The lowest BCUT2D eigenvalue weighted by Gasteiger charge is -2.12. The topological polar surface area (TPSA) is 40.5 Å². The Morgan fingerprint density at radius 1 is 0.750 bits per heavy atom. The number of hydrogen-bond donors (Lipinski definition) is 1. The minimum absolute atomic E-state index is 0.323. The number of benzene rings is 1. The fraction of sp³-hybridized carbons (Fsp3) is 0.720. The molecule has 0 radical (unpaired) electrons. The average molecular weight is 390 g/mol. The molecule has 0 fully saturated rings. The number of unbranched alkanes of at least 4 members (excludes halogenated alkanes) is 14. The molecule has 0 heterocycles. The van der Waals surface area contributed by atoms with E-state index in [0.717, 1.165) is 18.4 Å². The molecule has 1 aromatic rings. The van der Waals surface area contributed by atoms with Crippen molar-refractivity contribution in [1.82, 2.24) is 5.06 Å². The number of hydrogen-bond acceptors (Lipinski definition) is 2. The summed E-state index contributed by atoms with van der Waals surface area (Å²) >= 11 is 0. The summed E-state index contributed by atoms with van der Waals surface area (Å²) in [7, 11) is 1.38. The smallest absolute Gasteiger partial charge is 0.277 e. The third-order valence-corrected chi connectivity index (χ3v) is 5.59. The second-order valence-electron chi connectivity index (χ2n) is 8.19. The summed E-state index contributed by atoms with van der Waals surface area (Å²) in [5, 5.41) is 10.1. The number of nitrogens with zero attached hydrogens (tertiary/aromatic N) is 1. The number of rotatable bonds is 17. The Bertz CT molecular complexity index is 513. The zero-order valence-corrected chi connectivity index (χ0v) is 18.4. The van der Waals surface area contributed by atoms with Crippen LogP contribution in [0.2, 0.25) is 0 Å². The van der Waals surface area contributed by atoms with Crippen LogP contribution < -0.4 is 0 Å². The Morgan fingerprint density at radius 3 is 1.64 bits per heavy atom.